The smallest absolute Gasteiger partial charge is 0.309 e. The summed E-state index contributed by atoms with van der Waals surface area (Å²) in [6, 6.07) is 0. The van der Waals surface area contributed by atoms with E-state index in [0.29, 0.717) is 6.42 Å². The normalized spacial score (nSPS) is 46.0. The van der Waals surface area contributed by atoms with Gasteiger partial charge in [-0.25, -0.2) is 0 Å². The van der Waals surface area contributed by atoms with Gasteiger partial charge >= 0.3 is 5.97 Å². The van der Waals surface area contributed by atoms with Gasteiger partial charge in [-0.1, -0.05) is 40.2 Å². The van der Waals surface area contributed by atoms with Crippen molar-refractivity contribution >= 4 is 17.5 Å². The van der Waals surface area contributed by atoms with Crippen molar-refractivity contribution in [2.75, 3.05) is 6.61 Å². The average Bonchev–Trinajstić information content (AvgIpc) is 3.11. The number of aliphatic hydroxyl groups excluding tert-OH is 2. The van der Waals surface area contributed by atoms with Gasteiger partial charge in [0.25, 0.3) is 0 Å². The van der Waals surface area contributed by atoms with E-state index in [4.69, 9.17) is 9.47 Å². The summed E-state index contributed by atoms with van der Waals surface area (Å²) in [6.45, 7) is 11.0. The largest absolute Gasteiger partial charge is 0.461 e. The number of aliphatic hydroxyl groups is 4. The Morgan fingerprint density at radius 2 is 1.82 bits per heavy atom. The molecule has 5 rings (SSSR count). The Bertz CT molecular complexity index is 1060. The molecule has 9 nitrogen and oxygen atoms in total. The molecule has 11 atom stereocenters. The predicted molar refractivity (Wildman–Crippen MR) is 134 cm³/mol. The van der Waals surface area contributed by atoms with Gasteiger partial charge in [0.1, 0.15) is 24.1 Å². The van der Waals surface area contributed by atoms with E-state index >= 15 is 0 Å². The Balaban J connectivity index is 1.56. The lowest BCUT2D eigenvalue weighted by Gasteiger charge is -2.65. The molecule has 5 unspecified atom stereocenters. The molecule has 0 amide bonds. The van der Waals surface area contributed by atoms with E-state index in [9.17, 15) is 34.8 Å². The van der Waals surface area contributed by atoms with Crippen LogP contribution in [0.1, 0.15) is 60.8 Å². The predicted octanol–water partition coefficient (Wildman–Crippen LogP) is 1.39. The second-order valence-electron chi connectivity index (χ2n) is 13.4. The summed E-state index contributed by atoms with van der Waals surface area (Å²) >= 11 is 0. The molecule has 2 saturated heterocycles. The molecule has 2 aliphatic heterocycles. The number of ether oxygens (including phenoxy) is 2. The van der Waals surface area contributed by atoms with Gasteiger partial charge in [0.2, 0.25) is 0 Å². The van der Waals surface area contributed by atoms with Crippen LogP contribution in [0.4, 0.5) is 0 Å². The van der Waals surface area contributed by atoms with Crippen molar-refractivity contribution in [2.24, 2.45) is 52.8 Å². The van der Waals surface area contributed by atoms with Crippen LogP contribution in [0.5, 0.6) is 0 Å². The summed E-state index contributed by atoms with van der Waals surface area (Å²) in [4.78, 5) is 39.7. The molecule has 0 radical (unpaired) electrons. The Kier molecular flexibility index (Phi) is 6.56. The highest BCUT2D eigenvalue weighted by atomic mass is 16.6. The number of allylic oxidation sites excluding steroid dienone is 1. The van der Waals surface area contributed by atoms with Crippen LogP contribution in [-0.2, 0) is 23.9 Å². The first kappa shape index (κ1) is 27.9. The fourth-order valence-electron chi connectivity index (χ4n) is 9.11. The van der Waals surface area contributed by atoms with Crippen molar-refractivity contribution in [1.82, 2.24) is 0 Å². The maximum Gasteiger partial charge on any atom is 0.309 e. The molecule has 212 valence electrons. The molecule has 0 aromatic carbocycles. The van der Waals surface area contributed by atoms with Crippen LogP contribution in [0.15, 0.2) is 11.6 Å². The van der Waals surface area contributed by atoms with Crippen LogP contribution in [0.2, 0.25) is 0 Å². The Morgan fingerprint density at radius 3 is 2.42 bits per heavy atom. The van der Waals surface area contributed by atoms with Crippen molar-refractivity contribution < 1.29 is 44.3 Å². The quantitative estimate of drug-likeness (QED) is 0.371. The zero-order chi connectivity index (χ0) is 28.1. The van der Waals surface area contributed by atoms with Gasteiger partial charge in [0.05, 0.1) is 18.1 Å². The molecule has 38 heavy (non-hydrogen) atoms. The number of hydrogen-bond donors (Lipinski definition) is 4. The van der Waals surface area contributed by atoms with E-state index < -0.39 is 76.5 Å². The highest BCUT2D eigenvalue weighted by Crippen LogP contribution is 2.71. The highest BCUT2D eigenvalue weighted by Gasteiger charge is 2.80. The summed E-state index contributed by atoms with van der Waals surface area (Å²) in [5.41, 5.74) is -1.47. The van der Waals surface area contributed by atoms with Gasteiger partial charge in [0, 0.05) is 30.1 Å². The van der Waals surface area contributed by atoms with E-state index in [-0.39, 0.29) is 43.0 Å². The van der Waals surface area contributed by atoms with E-state index in [2.05, 4.69) is 0 Å². The molecule has 4 N–H and O–H groups in total. The summed E-state index contributed by atoms with van der Waals surface area (Å²) in [5, 5.41) is 45.5. The molecule has 9 heteroatoms. The zero-order valence-electron chi connectivity index (χ0n) is 23.1. The minimum absolute atomic E-state index is 0.0162. The minimum Gasteiger partial charge on any atom is -0.461 e. The molecule has 5 aliphatic rings. The first-order chi connectivity index (χ1) is 17.6. The minimum atomic E-state index is -2.02. The molecule has 2 bridgehead atoms. The number of fused-ring (bicyclic) bond motifs is 1. The van der Waals surface area contributed by atoms with Crippen LogP contribution < -0.4 is 0 Å². The lowest BCUT2D eigenvalue weighted by molar-refractivity contribution is -0.320. The maximum absolute atomic E-state index is 13.5. The van der Waals surface area contributed by atoms with Gasteiger partial charge in [-0.2, -0.15) is 0 Å². The number of carbonyl (C=O) groups excluding carboxylic acids is 3. The maximum atomic E-state index is 13.5. The summed E-state index contributed by atoms with van der Waals surface area (Å²) < 4.78 is 12.0. The van der Waals surface area contributed by atoms with Crippen molar-refractivity contribution in [2.45, 2.75) is 90.5 Å². The van der Waals surface area contributed by atoms with Crippen molar-refractivity contribution in [3.63, 3.8) is 0 Å². The number of esters is 1. The van der Waals surface area contributed by atoms with E-state index in [0.717, 1.165) is 5.57 Å². The molecule has 4 fully saturated rings. The molecular formula is C29H42O9. The Labute approximate surface area is 223 Å². The van der Waals surface area contributed by atoms with E-state index in [1.165, 1.54) is 6.08 Å². The fraction of sp³-hybridized carbons (Fsp3) is 0.828. The second kappa shape index (κ2) is 8.93. The van der Waals surface area contributed by atoms with Crippen molar-refractivity contribution in [3.05, 3.63) is 11.6 Å². The summed E-state index contributed by atoms with van der Waals surface area (Å²) in [7, 11) is 0. The summed E-state index contributed by atoms with van der Waals surface area (Å²) in [5.74, 6) is -7.67. The lowest BCUT2D eigenvalue weighted by atomic mass is 9.41. The van der Waals surface area contributed by atoms with Crippen LogP contribution in [0.3, 0.4) is 0 Å². The second-order valence-corrected chi connectivity index (χ2v) is 13.4. The monoisotopic (exact) mass is 534 g/mol. The van der Waals surface area contributed by atoms with Crippen LogP contribution >= 0.6 is 0 Å². The first-order valence-electron chi connectivity index (χ1n) is 14.0. The topological polar surface area (TPSA) is 151 Å². The fourth-order valence-corrected chi connectivity index (χ4v) is 9.11. The zero-order valence-corrected chi connectivity index (χ0v) is 23.1. The van der Waals surface area contributed by atoms with Crippen LogP contribution in [0.25, 0.3) is 0 Å². The van der Waals surface area contributed by atoms with Gasteiger partial charge in [-0.3, -0.25) is 14.4 Å². The third-order valence-electron chi connectivity index (χ3n) is 11.1. The summed E-state index contributed by atoms with van der Waals surface area (Å²) in [6.07, 6.45) is -1.95. The van der Waals surface area contributed by atoms with Gasteiger partial charge in [-0.05, 0) is 49.0 Å². The molecule has 2 heterocycles. The van der Waals surface area contributed by atoms with Crippen LogP contribution in [-0.4, -0.2) is 74.3 Å². The number of hydrogen-bond acceptors (Lipinski definition) is 9. The molecular weight excluding hydrogens is 492 g/mol. The van der Waals surface area contributed by atoms with Crippen LogP contribution in [0, 0.1) is 52.8 Å². The number of ketones is 2. The molecule has 0 aromatic heterocycles. The number of rotatable bonds is 6. The van der Waals surface area contributed by atoms with E-state index in [1.54, 1.807) is 13.8 Å². The number of carbonyl (C=O) groups is 3. The molecule has 1 spiro atoms. The highest BCUT2D eigenvalue weighted by molar-refractivity contribution is 5.95. The van der Waals surface area contributed by atoms with Crippen molar-refractivity contribution in [1.29, 1.82) is 0 Å². The molecule has 3 aliphatic carbocycles. The SMILES string of the molecule is CC1=CC(=O)[C@@H](O)C2C3[C@]45CO[C@@]3(O)[C@H](O)C(C)C4C(CC(=O)CC(O)(C(C)C)C(C)C)C(=O)O[C@@H]5C[C@@H]12. The molecule has 2 saturated carbocycles. The average molecular weight is 535 g/mol. The Hall–Kier alpha value is -1.65. The van der Waals surface area contributed by atoms with E-state index in [1.807, 2.05) is 27.7 Å². The third kappa shape index (κ3) is 3.51. The van der Waals surface area contributed by atoms with Gasteiger partial charge < -0.3 is 29.9 Å². The lowest BCUT2D eigenvalue weighted by Crippen LogP contribution is -2.74. The standard InChI is InChI=1S/C29H42O9/c1-12(2)28(35,13(3)4)10-16(30)8-18-22-15(6)25(33)29(36)24-21-17(14(5)7-19(31)23(21)32)9-20(38-26(18)34)27(22,24)11-37-29/h7,12-13,15,17-18,20-25,32-33,35-36H,8-11H2,1-6H3/t15?,17-,18?,20+,21?,22?,23+,24?,25+,27-,29+/m0/s1. The third-order valence-corrected chi connectivity index (χ3v) is 11.1. The first-order valence-corrected chi connectivity index (χ1v) is 14.0. The van der Waals surface area contributed by atoms with Gasteiger partial charge in [0.15, 0.2) is 11.6 Å². The van der Waals surface area contributed by atoms with Crippen molar-refractivity contribution in [3.8, 4) is 0 Å². The number of Topliss-reactive ketones (excluding diaryl/α,β-unsaturated/α-hetero) is 1. The van der Waals surface area contributed by atoms with Gasteiger partial charge in [-0.15, -0.1) is 0 Å². The molecule has 0 aromatic rings. The Morgan fingerprint density at radius 1 is 1.18 bits per heavy atom.